The van der Waals surface area contributed by atoms with Crippen molar-refractivity contribution in [2.24, 2.45) is 10.7 Å². The first-order chi connectivity index (χ1) is 17.3. The van der Waals surface area contributed by atoms with Crippen molar-refractivity contribution in [2.45, 2.75) is 31.7 Å². The molecule has 0 radical (unpaired) electrons. The van der Waals surface area contributed by atoms with Gasteiger partial charge in [0.2, 0.25) is 0 Å². The summed E-state index contributed by atoms with van der Waals surface area (Å²) in [4.78, 5) is 33.2. The van der Waals surface area contributed by atoms with E-state index >= 15 is 0 Å². The smallest absolute Gasteiger partial charge is 0.305 e. The lowest BCUT2D eigenvalue weighted by Crippen LogP contribution is -2.33. The van der Waals surface area contributed by atoms with Crippen LogP contribution in [0.25, 0.3) is 0 Å². The van der Waals surface area contributed by atoms with Crippen molar-refractivity contribution in [1.29, 1.82) is 0 Å². The Bertz CT molecular complexity index is 1170. The van der Waals surface area contributed by atoms with Crippen LogP contribution in [0.3, 0.4) is 0 Å². The number of anilines is 1. The summed E-state index contributed by atoms with van der Waals surface area (Å²) >= 11 is 0. The van der Waals surface area contributed by atoms with Crippen LogP contribution in [0.2, 0.25) is 0 Å². The van der Waals surface area contributed by atoms with Crippen molar-refractivity contribution in [1.82, 2.24) is 10.3 Å². The molecule has 192 valence electrons. The molecule has 2 aromatic rings. The Balaban J connectivity index is 1.71. The number of aliphatic imine (C=N–C) groups is 1. The Hall–Kier alpha value is -3.99. The van der Waals surface area contributed by atoms with E-state index < -0.39 is 36.8 Å². The molecule has 0 saturated heterocycles. The zero-order chi connectivity index (χ0) is 26.1. The average molecular weight is 500 g/mol. The molecule has 1 aromatic carbocycles. The lowest BCUT2D eigenvalue weighted by molar-refractivity contribution is -0.137. The van der Waals surface area contributed by atoms with E-state index in [0.29, 0.717) is 13.0 Å². The monoisotopic (exact) mass is 499 g/mol. The minimum Gasteiger partial charge on any atom is -0.494 e. The van der Waals surface area contributed by atoms with E-state index in [4.69, 9.17) is 10.5 Å². The topological polar surface area (TPSA) is 159 Å². The Labute approximate surface area is 208 Å². The van der Waals surface area contributed by atoms with Gasteiger partial charge in [-0.05, 0) is 42.2 Å². The molecule has 1 aliphatic rings. The Morgan fingerprint density at radius 2 is 2.17 bits per heavy atom. The molecule has 2 heterocycles. The lowest BCUT2D eigenvalue weighted by Gasteiger charge is -2.19. The zero-order valence-electron chi connectivity index (χ0n) is 20.0. The molecule has 10 nitrogen and oxygen atoms in total. The molecule has 0 bridgehead atoms. The Morgan fingerprint density at radius 1 is 1.36 bits per heavy atom. The number of carboxylic acids is 1. The van der Waals surface area contributed by atoms with Gasteiger partial charge in [-0.15, -0.1) is 0 Å². The van der Waals surface area contributed by atoms with E-state index in [2.05, 4.69) is 20.6 Å². The van der Waals surface area contributed by atoms with Crippen molar-refractivity contribution in [3.05, 3.63) is 64.2 Å². The maximum Gasteiger partial charge on any atom is 0.305 e. The first kappa shape index (κ1) is 26.6. The van der Waals surface area contributed by atoms with Crippen LogP contribution in [0.15, 0.2) is 46.6 Å². The average Bonchev–Trinajstić information content (AvgIpc) is 2.87. The fraction of sp³-hybridized carbons (Fsp3) is 0.360. The maximum atomic E-state index is 14.2. The zero-order valence-corrected chi connectivity index (χ0v) is 20.0. The Kier molecular flexibility index (Phi) is 9.34. The molecule has 1 atom stereocenters. The van der Waals surface area contributed by atoms with Gasteiger partial charge in [-0.3, -0.25) is 14.6 Å². The fourth-order valence-corrected chi connectivity index (χ4v) is 3.78. The molecule has 1 amide bonds. The maximum absolute atomic E-state index is 14.2. The van der Waals surface area contributed by atoms with Crippen LogP contribution in [0.1, 0.15) is 35.7 Å². The van der Waals surface area contributed by atoms with Crippen LogP contribution >= 0.6 is 0 Å². The number of amides is 1. The molecule has 0 saturated carbocycles. The number of aliphatic hydroxyl groups excluding tert-OH is 1. The fourth-order valence-electron chi connectivity index (χ4n) is 3.78. The summed E-state index contributed by atoms with van der Waals surface area (Å²) in [5.74, 6) is -1.77. The number of carbonyl (C=O) groups is 2. The molecule has 1 aromatic heterocycles. The van der Waals surface area contributed by atoms with Crippen molar-refractivity contribution in [3.63, 3.8) is 0 Å². The van der Waals surface area contributed by atoms with Gasteiger partial charge in [0.15, 0.2) is 11.6 Å². The molecule has 0 aliphatic carbocycles. The highest BCUT2D eigenvalue weighted by Gasteiger charge is 2.22. The van der Waals surface area contributed by atoms with Crippen LogP contribution in [0.5, 0.6) is 5.75 Å². The Morgan fingerprint density at radius 3 is 2.86 bits per heavy atom. The summed E-state index contributed by atoms with van der Waals surface area (Å²) in [5.41, 5.74) is 7.84. The molecule has 6 N–H and O–H groups in total. The number of hydrogen-bond acceptors (Lipinski definition) is 8. The van der Waals surface area contributed by atoms with Gasteiger partial charge in [0.05, 0.1) is 31.8 Å². The number of nitrogens with two attached hydrogens (primary N) is 1. The van der Waals surface area contributed by atoms with Gasteiger partial charge >= 0.3 is 5.97 Å². The standard InChI is InChI=1S/C25H30FN5O5/c1-36-22-7-5-16(11-19(22)26)21(12-23(33)34)31-25(35)18(20(27)14-32)13-28-10-8-17-6-4-15-3-2-9-29-24(15)30-17/h4-7,11,13,21,32H,2-3,8-10,12,14,27H2,1H3,(H,29,30)(H,31,35)(H,33,34)/t21-/m0/s1. The van der Waals surface area contributed by atoms with E-state index in [1.807, 2.05) is 12.1 Å². The number of fused-ring (bicyclic) bond motifs is 1. The van der Waals surface area contributed by atoms with Gasteiger partial charge in [-0.25, -0.2) is 9.37 Å². The number of pyridine rings is 1. The first-order valence-electron chi connectivity index (χ1n) is 11.5. The van der Waals surface area contributed by atoms with Crippen molar-refractivity contribution in [3.8, 4) is 5.75 Å². The predicted octanol–water partition coefficient (Wildman–Crippen LogP) is 1.74. The number of methoxy groups -OCH3 is 1. The highest BCUT2D eigenvalue weighted by Crippen LogP contribution is 2.24. The van der Waals surface area contributed by atoms with Gasteiger partial charge in [0.1, 0.15) is 5.82 Å². The quantitative estimate of drug-likeness (QED) is 0.231. The number of carbonyl (C=O) groups excluding carboxylic acids is 1. The van der Waals surface area contributed by atoms with Crippen LogP contribution in [0, 0.1) is 5.82 Å². The number of nitrogens with zero attached hydrogens (tertiary/aromatic N) is 2. The van der Waals surface area contributed by atoms with E-state index in [1.54, 1.807) is 0 Å². The molecule has 0 spiro atoms. The number of aliphatic carboxylic acids is 1. The van der Waals surface area contributed by atoms with Crippen molar-refractivity contribution < 1.29 is 28.9 Å². The number of benzene rings is 1. The van der Waals surface area contributed by atoms with E-state index in [-0.39, 0.29) is 22.6 Å². The third-order valence-electron chi connectivity index (χ3n) is 5.69. The SMILES string of the molecule is COc1ccc([C@H](CC(=O)O)NC(=O)C(C=NCCc2ccc3c(n2)NCCC3)=C(N)CO)cc1F. The summed E-state index contributed by atoms with van der Waals surface area (Å²) in [6.07, 6.45) is 3.32. The van der Waals surface area contributed by atoms with Crippen LogP contribution in [-0.2, 0) is 22.4 Å². The molecule has 3 rings (SSSR count). The summed E-state index contributed by atoms with van der Waals surface area (Å²) < 4.78 is 19.1. The number of hydrogen-bond donors (Lipinski definition) is 5. The number of nitrogens with one attached hydrogen (secondary N) is 2. The highest BCUT2D eigenvalue weighted by molar-refractivity contribution is 6.13. The lowest BCUT2D eigenvalue weighted by atomic mass is 10.0. The number of aromatic nitrogens is 1. The second-order valence-electron chi connectivity index (χ2n) is 8.24. The predicted molar refractivity (Wildman–Crippen MR) is 132 cm³/mol. The number of ether oxygens (including phenoxy) is 1. The summed E-state index contributed by atoms with van der Waals surface area (Å²) in [6, 6.07) is 6.83. The molecule has 0 fully saturated rings. The molecular weight excluding hydrogens is 469 g/mol. The third-order valence-corrected chi connectivity index (χ3v) is 5.69. The molecule has 36 heavy (non-hydrogen) atoms. The summed E-state index contributed by atoms with van der Waals surface area (Å²) in [6.45, 7) is 0.592. The minimum absolute atomic E-state index is 0.0133. The van der Waals surface area contributed by atoms with E-state index in [0.717, 1.165) is 37.0 Å². The number of halogens is 1. The number of aliphatic hydroxyl groups is 1. The largest absolute Gasteiger partial charge is 0.494 e. The second-order valence-corrected chi connectivity index (χ2v) is 8.24. The van der Waals surface area contributed by atoms with E-state index in [1.165, 1.54) is 31.0 Å². The van der Waals surface area contributed by atoms with Crippen molar-refractivity contribution >= 4 is 23.9 Å². The van der Waals surface area contributed by atoms with Crippen LogP contribution in [0.4, 0.5) is 10.2 Å². The molecular formula is C25H30FN5O5. The third kappa shape index (κ3) is 7.01. The van der Waals surface area contributed by atoms with E-state index in [9.17, 15) is 24.2 Å². The molecule has 0 unspecified atom stereocenters. The number of rotatable bonds is 11. The van der Waals surface area contributed by atoms with Gasteiger partial charge < -0.3 is 31.3 Å². The summed E-state index contributed by atoms with van der Waals surface area (Å²) in [5, 5.41) is 24.6. The molecule has 11 heteroatoms. The van der Waals surface area contributed by atoms with Crippen LogP contribution in [-0.4, -0.2) is 60.1 Å². The van der Waals surface area contributed by atoms with Crippen molar-refractivity contribution in [2.75, 3.05) is 32.1 Å². The minimum atomic E-state index is -1.20. The normalized spacial score (nSPS) is 14.4. The number of aryl methyl sites for hydroxylation is 1. The summed E-state index contributed by atoms with van der Waals surface area (Å²) in [7, 11) is 1.31. The van der Waals surface area contributed by atoms with Crippen LogP contribution < -0.4 is 21.1 Å². The van der Waals surface area contributed by atoms with Gasteiger partial charge in [0.25, 0.3) is 5.91 Å². The van der Waals surface area contributed by atoms with Gasteiger partial charge in [-0.1, -0.05) is 12.1 Å². The molecule has 1 aliphatic heterocycles. The highest BCUT2D eigenvalue weighted by atomic mass is 19.1. The second kappa shape index (κ2) is 12.6. The van der Waals surface area contributed by atoms with Gasteiger partial charge in [-0.2, -0.15) is 0 Å². The number of carboxylic acid groups (broad SMARTS) is 1. The van der Waals surface area contributed by atoms with Gasteiger partial charge in [0, 0.05) is 37.1 Å². The first-order valence-corrected chi connectivity index (χ1v) is 11.5.